The summed E-state index contributed by atoms with van der Waals surface area (Å²) in [6.45, 7) is 0. The summed E-state index contributed by atoms with van der Waals surface area (Å²) in [5.74, 6) is 0.588. The summed E-state index contributed by atoms with van der Waals surface area (Å²) in [6, 6.07) is 27.0. The van der Waals surface area contributed by atoms with E-state index in [4.69, 9.17) is 0 Å². The van der Waals surface area contributed by atoms with Gasteiger partial charge in [0.1, 0.15) is 0 Å². The van der Waals surface area contributed by atoms with E-state index >= 15 is 0 Å². The Labute approximate surface area is 147 Å². The van der Waals surface area contributed by atoms with Crippen molar-refractivity contribution in [2.45, 2.75) is 18.3 Å². The van der Waals surface area contributed by atoms with Gasteiger partial charge in [0.25, 0.3) is 0 Å². The zero-order valence-corrected chi connectivity index (χ0v) is 13.9. The Hall–Kier alpha value is -2.87. The molecule has 0 aliphatic heterocycles. The van der Waals surface area contributed by atoms with Gasteiger partial charge in [-0.05, 0) is 40.8 Å². The topological polar surface area (TPSA) is 29.1 Å². The van der Waals surface area contributed by atoms with E-state index in [1.807, 2.05) is 30.3 Å². The fourth-order valence-electron chi connectivity index (χ4n) is 4.65. The second-order valence-corrected chi connectivity index (χ2v) is 6.99. The first-order valence-corrected chi connectivity index (χ1v) is 8.86. The molecule has 2 bridgehead atoms. The highest BCUT2D eigenvalue weighted by Gasteiger charge is 2.45. The third kappa shape index (κ3) is 2.21. The molecule has 0 radical (unpaired) electrons. The van der Waals surface area contributed by atoms with Crippen molar-refractivity contribution in [3.63, 3.8) is 0 Å². The maximum atomic E-state index is 13.1. The molecule has 3 aromatic carbocycles. The maximum absolute atomic E-state index is 13.1. The van der Waals surface area contributed by atoms with Crippen molar-refractivity contribution < 1.29 is 4.79 Å². The third-order valence-electron chi connectivity index (χ3n) is 5.68. The average molecular weight is 325 g/mol. The van der Waals surface area contributed by atoms with Crippen LogP contribution in [-0.2, 0) is 4.79 Å². The lowest BCUT2D eigenvalue weighted by Gasteiger charge is -2.44. The van der Waals surface area contributed by atoms with Crippen molar-refractivity contribution in [1.29, 1.82) is 0 Å². The molecule has 3 aliphatic carbocycles. The van der Waals surface area contributed by atoms with Gasteiger partial charge in [-0.2, -0.15) is 0 Å². The van der Waals surface area contributed by atoms with Crippen LogP contribution in [0.15, 0.2) is 78.9 Å². The summed E-state index contributed by atoms with van der Waals surface area (Å²) in [6.07, 6.45) is 0.886. The summed E-state index contributed by atoms with van der Waals surface area (Å²) in [7, 11) is 0. The van der Waals surface area contributed by atoms with Crippen LogP contribution in [0.2, 0.25) is 0 Å². The molecule has 25 heavy (non-hydrogen) atoms. The monoisotopic (exact) mass is 325 g/mol. The molecule has 1 amide bonds. The molecular formula is C23H19NO. The zero-order valence-electron chi connectivity index (χ0n) is 13.9. The predicted molar refractivity (Wildman–Crippen MR) is 99.7 cm³/mol. The molecule has 0 unspecified atom stereocenters. The average Bonchev–Trinajstić information content (AvgIpc) is 2.69. The molecule has 0 aromatic heterocycles. The first kappa shape index (κ1) is 14.5. The minimum Gasteiger partial charge on any atom is -0.326 e. The second kappa shape index (κ2) is 5.59. The minimum atomic E-state index is -0.0185. The van der Waals surface area contributed by atoms with Crippen molar-refractivity contribution in [1.82, 2.24) is 0 Å². The van der Waals surface area contributed by atoms with Crippen LogP contribution in [0.3, 0.4) is 0 Å². The Morgan fingerprint density at radius 3 is 1.84 bits per heavy atom. The van der Waals surface area contributed by atoms with E-state index in [1.54, 1.807) is 0 Å². The van der Waals surface area contributed by atoms with E-state index < -0.39 is 0 Å². The summed E-state index contributed by atoms with van der Waals surface area (Å²) >= 11 is 0. The molecule has 0 saturated carbocycles. The highest BCUT2D eigenvalue weighted by molar-refractivity contribution is 5.94. The molecule has 0 saturated heterocycles. The molecule has 122 valence electrons. The number of hydrogen-bond acceptors (Lipinski definition) is 1. The maximum Gasteiger partial charge on any atom is 0.228 e. The van der Waals surface area contributed by atoms with Gasteiger partial charge in [0.15, 0.2) is 0 Å². The standard InChI is InChI=1S/C23H19NO/c25-23(24-15-8-2-1-3-9-15)21-14-20-16-10-4-6-12-18(16)22(21)19-13-7-5-11-17(19)20/h1-13,20-22H,14H2,(H,24,25)/t20?,21-,22?/m1/s1. The van der Waals surface area contributed by atoms with Gasteiger partial charge in [0, 0.05) is 17.5 Å². The van der Waals surface area contributed by atoms with Crippen molar-refractivity contribution in [3.05, 3.63) is 101 Å². The number of benzene rings is 3. The Kier molecular flexibility index (Phi) is 3.24. The molecule has 1 atom stereocenters. The minimum absolute atomic E-state index is 0.0185. The molecule has 0 spiro atoms. The second-order valence-electron chi connectivity index (χ2n) is 6.99. The number of fused-ring (bicyclic) bond motifs is 1. The predicted octanol–water partition coefficient (Wildman–Crippen LogP) is 4.92. The number of amides is 1. The molecule has 2 nitrogen and oxygen atoms in total. The van der Waals surface area contributed by atoms with Crippen LogP contribution in [0.4, 0.5) is 5.69 Å². The Morgan fingerprint density at radius 1 is 0.720 bits per heavy atom. The first-order valence-electron chi connectivity index (χ1n) is 8.86. The van der Waals surface area contributed by atoms with E-state index in [1.165, 1.54) is 22.3 Å². The van der Waals surface area contributed by atoms with Crippen molar-refractivity contribution >= 4 is 11.6 Å². The molecule has 3 aliphatic rings. The fraction of sp³-hybridized carbons (Fsp3) is 0.174. The van der Waals surface area contributed by atoms with Crippen LogP contribution < -0.4 is 5.32 Å². The first-order chi connectivity index (χ1) is 12.3. The van der Waals surface area contributed by atoms with Gasteiger partial charge in [-0.25, -0.2) is 0 Å². The van der Waals surface area contributed by atoms with Gasteiger partial charge in [-0.3, -0.25) is 4.79 Å². The molecule has 2 heteroatoms. The fourth-order valence-corrected chi connectivity index (χ4v) is 4.65. The van der Waals surface area contributed by atoms with Gasteiger partial charge in [0.05, 0.1) is 5.92 Å². The van der Waals surface area contributed by atoms with E-state index in [0.29, 0.717) is 5.92 Å². The van der Waals surface area contributed by atoms with Crippen LogP contribution in [-0.4, -0.2) is 5.91 Å². The van der Waals surface area contributed by atoms with Gasteiger partial charge in [0.2, 0.25) is 5.91 Å². The Bertz CT molecular complexity index is 900. The number of rotatable bonds is 2. The molecule has 0 fully saturated rings. The lowest BCUT2D eigenvalue weighted by atomic mass is 9.59. The third-order valence-corrected chi connectivity index (χ3v) is 5.68. The van der Waals surface area contributed by atoms with Crippen LogP contribution in [0.1, 0.15) is 40.5 Å². The Morgan fingerprint density at radius 2 is 1.24 bits per heavy atom. The Balaban J connectivity index is 1.57. The van der Waals surface area contributed by atoms with Crippen LogP contribution in [0.25, 0.3) is 0 Å². The van der Waals surface area contributed by atoms with E-state index in [9.17, 15) is 4.79 Å². The quantitative estimate of drug-likeness (QED) is 0.712. The van der Waals surface area contributed by atoms with E-state index in [0.717, 1.165) is 12.1 Å². The lowest BCUT2D eigenvalue weighted by molar-refractivity contribution is -0.121. The number of carbonyl (C=O) groups excluding carboxylic acids is 1. The molecular weight excluding hydrogens is 306 g/mol. The van der Waals surface area contributed by atoms with Gasteiger partial charge >= 0.3 is 0 Å². The number of para-hydroxylation sites is 1. The SMILES string of the molecule is O=C(Nc1ccccc1)[C@@H]1CC2c3ccccc3C1c1ccccc12. The molecule has 0 heterocycles. The summed E-state index contributed by atoms with van der Waals surface area (Å²) in [5, 5.41) is 3.12. The van der Waals surface area contributed by atoms with E-state index in [2.05, 4.69) is 53.8 Å². The molecule has 6 rings (SSSR count). The highest BCUT2D eigenvalue weighted by Crippen LogP contribution is 2.55. The van der Waals surface area contributed by atoms with Crippen molar-refractivity contribution in [3.8, 4) is 0 Å². The van der Waals surface area contributed by atoms with Gasteiger partial charge in [-0.1, -0.05) is 66.7 Å². The number of anilines is 1. The van der Waals surface area contributed by atoms with Gasteiger partial charge in [-0.15, -0.1) is 0 Å². The highest BCUT2D eigenvalue weighted by atomic mass is 16.1. The van der Waals surface area contributed by atoms with Gasteiger partial charge < -0.3 is 5.32 Å². The van der Waals surface area contributed by atoms with Crippen LogP contribution in [0, 0.1) is 5.92 Å². The molecule has 3 aromatic rings. The lowest BCUT2D eigenvalue weighted by Crippen LogP contribution is -2.38. The zero-order chi connectivity index (χ0) is 16.8. The van der Waals surface area contributed by atoms with E-state index in [-0.39, 0.29) is 17.7 Å². The number of carbonyl (C=O) groups is 1. The van der Waals surface area contributed by atoms with Crippen LogP contribution in [0.5, 0.6) is 0 Å². The molecule has 1 N–H and O–H groups in total. The summed E-state index contributed by atoms with van der Waals surface area (Å²) in [5.41, 5.74) is 6.32. The number of hydrogen-bond donors (Lipinski definition) is 1. The normalized spacial score (nSPS) is 22.8. The number of nitrogens with one attached hydrogen (secondary N) is 1. The summed E-state index contributed by atoms with van der Waals surface area (Å²) < 4.78 is 0. The van der Waals surface area contributed by atoms with Crippen molar-refractivity contribution in [2.75, 3.05) is 5.32 Å². The largest absolute Gasteiger partial charge is 0.326 e. The smallest absolute Gasteiger partial charge is 0.228 e. The summed E-state index contributed by atoms with van der Waals surface area (Å²) in [4.78, 5) is 13.1. The van der Waals surface area contributed by atoms with Crippen molar-refractivity contribution in [2.24, 2.45) is 5.92 Å². The van der Waals surface area contributed by atoms with Crippen LogP contribution >= 0.6 is 0 Å².